The van der Waals surface area contributed by atoms with Crippen LogP contribution in [0.15, 0.2) is 47.8 Å². The third-order valence-electron chi connectivity index (χ3n) is 3.48. The summed E-state index contributed by atoms with van der Waals surface area (Å²) in [6, 6.07) is 9.25. The summed E-state index contributed by atoms with van der Waals surface area (Å²) >= 11 is 0. The normalized spacial score (nSPS) is 10.6. The molecule has 0 saturated heterocycles. The summed E-state index contributed by atoms with van der Waals surface area (Å²) in [4.78, 5) is 27.4. The van der Waals surface area contributed by atoms with Crippen LogP contribution in [-0.2, 0) is 9.59 Å². The quantitative estimate of drug-likeness (QED) is 0.633. The zero-order chi connectivity index (χ0) is 17.4. The first kappa shape index (κ1) is 17.3. The van der Waals surface area contributed by atoms with Crippen LogP contribution in [0.4, 0.5) is 5.69 Å². The summed E-state index contributed by atoms with van der Waals surface area (Å²) in [6.07, 6.45) is 4.98. The van der Waals surface area contributed by atoms with Crippen LogP contribution in [0.1, 0.15) is 29.5 Å². The summed E-state index contributed by atoms with van der Waals surface area (Å²) in [6.45, 7) is 4.00. The van der Waals surface area contributed by atoms with Crippen molar-refractivity contribution in [3.05, 3.63) is 59.4 Å². The lowest BCUT2D eigenvalue weighted by Crippen LogP contribution is -2.20. The third kappa shape index (κ3) is 5.64. The van der Waals surface area contributed by atoms with Crippen LogP contribution < -0.4 is 10.7 Å². The highest BCUT2D eigenvalue weighted by molar-refractivity contribution is 5.93. The summed E-state index contributed by atoms with van der Waals surface area (Å²) in [7, 11) is 0. The van der Waals surface area contributed by atoms with Crippen molar-refractivity contribution >= 4 is 23.7 Å². The largest absolute Gasteiger partial charge is 0.326 e. The molecule has 1 aromatic carbocycles. The van der Waals surface area contributed by atoms with E-state index >= 15 is 0 Å². The van der Waals surface area contributed by atoms with Crippen LogP contribution in [0.2, 0.25) is 0 Å². The number of nitrogens with one attached hydrogen (secondary N) is 2. The molecule has 2 aromatic rings. The van der Waals surface area contributed by atoms with Gasteiger partial charge in [0.25, 0.3) is 0 Å². The number of rotatable bonds is 6. The molecule has 0 unspecified atom stereocenters. The Hall–Kier alpha value is -3.02. The Kier molecular flexibility index (Phi) is 6.19. The van der Waals surface area contributed by atoms with E-state index in [9.17, 15) is 9.59 Å². The van der Waals surface area contributed by atoms with E-state index in [0.717, 1.165) is 16.8 Å². The molecule has 0 aliphatic heterocycles. The minimum atomic E-state index is -0.310. The molecule has 0 spiro atoms. The fraction of sp³-hybridized carbons (Fsp3) is 0.222. The molecule has 0 saturated carbocycles. The van der Waals surface area contributed by atoms with E-state index in [1.54, 1.807) is 24.5 Å². The molecular formula is C18H20N4O2. The maximum atomic E-state index is 11.9. The molecule has 2 amide bonds. The molecule has 2 rings (SSSR count). The number of pyridine rings is 1. The van der Waals surface area contributed by atoms with Crippen molar-refractivity contribution in [2.75, 3.05) is 5.32 Å². The number of benzene rings is 1. The first-order valence-corrected chi connectivity index (χ1v) is 7.63. The van der Waals surface area contributed by atoms with Crippen LogP contribution in [-0.4, -0.2) is 23.0 Å². The molecule has 1 aromatic heterocycles. The summed E-state index contributed by atoms with van der Waals surface area (Å²) in [5.74, 6) is -0.512. The SMILES string of the molecule is Cc1ccc(NC(=O)CCC(=O)N/N=C/c2ccncc2)cc1C. The van der Waals surface area contributed by atoms with E-state index < -0.39 is 0 Å². The van der Waals surface area contributed by atoms with Gasteiger partial charge in [0.15, 0.2) is 0 Å². The van der Waals surface area contributed by atoms with E-state index in [4.69, 9.17) is 0 Å². The number of hydrazone groups is 1. The van der Waals surface area contributed by atoms with Crippen LogP contribution in [0, 0.1) is 13.8 Å². The molecule has 2 N–H and O–H groups in total. The van der Waals surface area contributed by atoms with Crippen LogP contribution >= 0.6 is 0 Å². The predicted molar refractivity (Wildman–Crippen MR) is 93.8 cm³/mol. The van der Waals surface area contributed by atoms with E-state index in [1.165, 1.54) is 11.8 Å². The number of hydrogen-bond donors (Lipinski definition) is 2. The fourth-order valence-electron chi connectivity index (χ4n) is 1.95. The zero-order valence-electron chi connectivity index (χ0n) is 13.7. The minimum Gasteiger partial charge on any atom is -0.326 e. The first-order chi connectivity index (χ1) is 11.5. The molecule has 0 aliphatic rings. The first-order valence-electron chi connectivity index (χ1n) is 7.63. The molecular weight excluding hydrogens is 304 g/mol. The number of hydrogen-bond acceptors (Lipinski definition) is 4. The average Bonchev–Trinajstić information content (AvgIpc) is 2.57. The van der Waals surface area contributed by atoms with Gasteiger partial charge in [0.1, 0.15) is 0 Å². The van der Waals surface area contributed by atoms with Gasteiger partial charge in [0.05, 0.1) is 6.21 Å². The van der Waals surface area contributed by atoms with Gasteiger partial charge in [-0.25, -0.2) is 5.43 Å². The van der Waals surface area contributed by atoms with Gasteiger partial charge in [-0.05, 0) is 54.8 Å². The molecule has 0 fully saturated rings. The van der Waals surface area contributed by atoms with Crippen molar-refractivity contribution in [3.63, 3.8) is 0 Å². The molecule has 0 radical (unpaired) electrons. The molecule has 124 valence electrons. The van der Waals surface area contributed by atoms with Gasteiger partial charge in [-0.3, -0.25) is 14.6 Å². The lowest BCUT2D eigenvalue weighted by Gasteiger charge is -2.07. The third-order valence-corrected chi connectivity index (χ3v) is 3.48. The number of aromatic nitrogens is 1. The molecule has 0 atom stereocenters. The molecule has 6 nitrogen and oxygen atoms in total. The van der Waals surface area contributed by atoms with E-state index in [1.807, 2.05) is 32.0 Å². The van der Waals surface area contributed by atoms with Crippen molar-refractivity contribution in [2.24, 2.45) is 5.10 Å². The summed E-state index contributed by atoms with van der Waals surface area (Å²) < 4.78 is 0. The molecule has 1 heterocycles. The fourth-order valence-corrected chi connectivity index (χ4v) is 1.95. The van der Waals surface area contributed by atoms with E-state index in [2.05, 4.69) is 20.8 Å². The second-order valence-corrected chi connectivity index (χ2v) is 5.42. The van der Waals surface area contributed by atoms with Crippen molar-refractivity contribution in [3.8, 4) is 0 Å². The lowest BCUT2D eigenvalue weighted by atomic mass is 10.1. The smallest absolute Gasteiger partial charge is 0.240 e. The molecule has 0 bridgehead atoms. The number of aryl methyl sites for hydroxylation is 2. The van der Waals surface area contributed by atoms with Gasteiger partial charge in [-0.2, -0.15) is 5.10 Å². The Morgan fingerprint density at radius 2 is 1.75 bits per heavy atom. The average molecular weight is 324 g/mol. The number of anilines is 1. The predicted octanol–water partition coefficient (Wildman–Crippen LogP) is 2.57. The van der Waals surface area contributed by atoms with Crippen molar-refractivity contribution < 1.29 is 9.59 Å². The molecule has 6 heteroatoms. The van der Waals surface area contributed by atoms with Gasteiger partial charge in [0, 0.05) is 30.9 Å². The highest BCUT2D eigenvalue weighted by Gasteiger charge is 2.07. The van der Waals surface area contributed by atoms with Gasteiger partial charge in [-0.1, -0.05) is 6.07 Å². The molecule has 0 aliphatic carbocycles. The topological polar surface area (TPSA) is 83.5 Å². The van der Waals surface area contributed by atoms with Gasteiger partial charge in [0.2, 0.25) is 11.8 Å². The second kappa shape index (κ2) is 8.57. The Morgan fingerprint density at radius 3 is 2.46 bits per heavy atom. The van der Waals surface area contributed by atoms with Crippen LogP contribution in [0.25, 0.3) is 0 Å². The number of nitrogens with zero attached hydrogens (tertiary/aromatic N) is 2. The van der Waals surface area contributed by atoms with Crippen LogP contribution in [0.3, 0.4) is 0 Å². The highest BCUT2D eigenvalue weighted by atomic mass is 16.2. The van der Waals surface area contributed by atoms with Crippen LogP contribution in [0.5, 0.6) is 0 Å². The lowest BCUT2D eigenvalue weighted by molar-refractivity contribution is -0.124. The van der Waals surface area contributed by atoms with E-state index in [-0.39, 0.29) is 24.7 Å². The Bertz CT molecular complexity index is 742. The number of amides is 2. The maximum absolute atomic E-state index is 11.9. The Morgan fingerprint density at radius 1 is 1.04 bits per heavy atom. The second-order valence-electron chi connectivity index (χ2n) is 5.42. The maximum Gasteiger partial charge on any atom is 0.240 e. The minimum absolute atomic E-state index is 0.0738. The van der Waals surface area contributed by atoms with Crippen molar-refractivity contribution in [1.82, 2.24) is 10.4 Å². The summed E-state index contributed by atoms with van der Waals surface area (Å²) in [5, 5.41) is 6.62. The molecule has 24 heavy (non-hydrogen) atoms. The Balaban J connectivity index is 1.73. The number of carbonyl (C=O) groups is 2. The zero-order valence-corrected chi connectivity index (χ0v) is 13.7. The van der Waals surface area contributed by atoms with Gasteiger partial charge < -0.3 is 5.32 Å². The number of carbonyl (C=O) groups excluding carboxylic acids is 2. The van der Waals surface area contributed by atoms with Gasteiger partial charge in [-0.15, -0.1) is 0 Å². The highest BCUT2D eigenvalue weighted by Crippen LogP contribution is 2.14. The Labute approximate surface area is 141 Å². The summed E-state index contributed by atoms with van der Waals surface area (Å²) in [5.41, 5.74) is 6.24. The van der Waals surface area contributed by atoms with Crippen molar-refractivity contribution in [1.29, 1.82) is 0 Å². The van der Waals surface area contributed by atoms with E-state index in [0.29, 0.717) is 0 Å². The van der Waals surface area contributed by atoms with Crippen molar-refractivity contribution in [2.45, 2.75) is 26.7 Å². The van der Waals surface area contributed by atoms with Gasteiger partial charge >= 0.3 is 0 Å². The standard InChI is InChI=1S/C18H20N4O2/c1-13-3-4-16(11-14(13)2)21-17(23)5-6-18(24)22-20-12-15-7-9-19-10-8-15/h3-4,7-12H,5-6H2,1-2H3,(H,21,23)(H,22,24)/b20-12+. The monoisotopic (exact) mass is 324 g/mol.